The quantitative estimate of drug-likeness (QED) is 0.527. The number of hydrogen-bond donors (Lipinski definition) is 0. The van der Waals surface area contributed by atoms with Gasteiger partial charge in [-0.3, -0.25) is 4.79 Å². The van der Waals surface area contributed by atoms with Gasteiger partial charge in [0.15, 0.2) is 16.5 Å². The van der Waals surface area contributed by atoms with Gasteiger partial charge in [0, 0.05) is 0 Å². The summed E-state index contributed by atoms with van der Waals surface area (Å²) in [4.78, 5) is 18.4. The normalized spacial score (nSPS) is 12.4. The maximum Gasteiger partial charge on any atom is 0.274 e. The number of aromatic nitrogens is 2. The topological polar surface area (TPSA) is 52.8 Å². The molecule has 0 unspecified atom stereocenters. The second kappa shape index (κ2) is 6.95. The molecule has 0 amide bonds. The minimum absolute atomic E-state index is 0.0489. The van der Waals surface area contributed by atoms with Crippen LogP contribution in [-0.2, 0) is 0 Å². The molecule has 0 aliphatic carbocycles. The summed E-state index contributed by atoms with van der Waals surface area (Å²) >= 11 is 1.40. The first kappa shape index (κ1) is 18.5. The van der Waals surface area contributed by atoms with Crippen molar-refractivity contribution >= 4 is 33.4 Å². The summed E-state index contributed by atoms with van der Waals surface area (Å²) in [6.45, 7) is 8.04. The second-order valence-electron chi connectivity index (χ2n) is 7.15. The monoisotopic (exact) mass is 394 g/mol. The minimum Gasteiger partial charge on any atom is -0.493 e. The van der Waals surface area contributed by atoms with Gasteiger partial charge in [-0.2, -0.15) is 0 Å². The van der Waals surface area contributed by atoms with Crippen LogP contribution in [0.3, 0.4) is 0 Å². The third-order valence-electron chi connectivity index (χ3n) is 4.70. The molecule has 0 aliphatic rings. The number of benzene rings is 2. The van der Waals surface area contributed by atoms with Gasteiger partial charge in [-0.05, 0) is 74.7 Å². The third kappa shape index (κ3) is 3.14. The Hall–Kier alpha value is -2.86. The van der Waals surface area contributed by atoms with E-state index < -0.39 is 0 Å². The lowest BCUT2D eigenvalue weighted by molar-refractivity contribution is 0.230. The Morgan fingerprint density at radius 3 is 2.57 bits per heavy atom. The average Bonchev–Trinajstić information content (AvgIpc) is 3.13. The van der Waals surface area contributed by atoms with E-state index in [1.165, 1.54) is 16.9 Å². The van der Waals surface area contributed by atoms with E-state index in [2.05, 4.69) is 11.9 Å². The molecule has 0 aliphatic heterocycles. The van der Waals surface area contributed by atoms with Crippen molar-refractivity contribution in [3.8, 4) is 11.5 Å². The Morgan fingerprint density at radius 1 is 1.11 bits per heavy atom. The highest BCUT2D eigenvalue weighted by Crippen LogP contribution is 2.29. The number of hydrogen-bond acceptors (Lipinski definition) is 5. The molecule has 0 fully saturated rings. The molecular formula is C22H22N2O3S. The van der Waals surface area contributed by atoms with Gasteiger partial charge in [-0.1, -0.05) is 17.4 Å². The fourth-order valence-corrected chi connectivity index (χ4v) is 4.18. The van der Waals surface area contributed by atoms with Crippen LogP contribution in [0.15, 0.2) is 35.1 Å². The lowest BCUT2D eigenvalue weighted by atomic mass is 10.1. The number of aryl methyl sites for hydroxylation is 2. The molecule has 28 heavy (non-hydrogen) atoms. The molecule has 0 bridgehead atoms. The Kier molecular flexibility index (Phi) is 4.59. The summed E-state index contributed by atoms with van der Waals surface area (Å²) in [6, 6.07) is 9.74. The molecule has 2 heterocycles. The molecule has 0 saturated heterocycles. The molecule has 0 atom stereocenters. The summed E-state index contributed by atoms with van der Waals surface area (Å²) in [5.41, 5.74) is 4.87. The van der Waals surface area contributed by atoms with Crippen LogP contribution in [0.5, 0.6) is 11.5 Å². The van der Waals surface area contributed by atoms with Crippen LogP contribution in [-0.4, -0.2) is 22.6 Å². The second-order valence-corrected chi connectivity index (χ2v) is 8.16. The molecule has 2 aromatic heterocycles. The zero-order chi connectivity index (χ0) is 20.0. The van der Waals surface area contributed by atoms with Crippen molar-refractivity contribution in [1.82, 2.24) is 9.38 Å². The Morgan fingerprint density at radius 2 is 1.86 bits per heavy atom. The van der Waals surface area contributed by atoms with Gasteiger partial charge in [-0.15, -0.1) is 0 Å². The zero-order valence-corrected chi connectivity index (χ0v) is 17.4. The summed E-state index contributed by atoms with van der Waals surface area (Å²) in [5.74, 6) is 1.34. The van der Waals surface area contributed by atoms with Crippen LogP contribution in [0, 0.1) is 13.8 Å². The molecule has 0 N–H and O–H groups in total. The van der Waals surface area contributed by atoms with Gasteiger partial charge in [0.1, 0.15) is 0 Å². The first-order valence-corrected chi connectivity index (χ1v) is 9.97. The number of methoxy groups -OCH3 is 1. The molecule has 0 spiro atoms. The van der Waals surface area contributed by atoms with Crippen molar-refractivity contribution in [3.05, 3.63) is 61.9 Å². The van der Waals surface area contributed by atoms with E-state index >= 15 is 0 Å². The molecule has 4 aromatic rings. The highest BCUT2D eigenvalue weighted by molar-refractivity contribution is 7.15. The predicted molar refractivity (Wildman–Crippen MR) is 114 cm³/mol. The highest BCUT2D eigenvalue weighted by atomic mass is 32.1. The zero-order valence-electron chi connectivity index (χ0n) is 16.6. The van der Waals surface area contributed by atoms with E-state index in [0.29, 0.717) is 21.0 Å². The maximum atomic E-state index is 13.0. The first-order valence-electron chi connectivity index (χ1n) is 9.16. The van der Waals surface area contributed by atoms with Crippen LogP contribution in [0.2, 0.25) is 0 Å². The van der Waals surface area contributed by atoms with Gasteiger partial charge < -0.3 is 9.47 Å². The fraction of sp³-hybridized carbons (Fsp3) is 0.273. The molecule has 6 heteroatoms. The van der Waals surface area contributed by atoms with Crippen molar-refractivity contribution < 1.29 is 9.47 Å². The van der Waals surface area contributed by atoms with Crippen molar-refractivity contribution in [2.45, 2.75) is 33.8 Å². The van der Waals surface area contributed by atoms with Gasteiger partial charge in [0.05, 0.1) is 28.8 Å². The van der Waals surface area contributed by atoms with Crippen molar-refractivity contribution in [2.75, 3.05) is 7.11 Å². The van der Waals surface area contributed by atoms with E-state index in [1.54, 1.807) is 11.5 Å². The molecule has 4 rings (SSSR count). The van der Waals surface area contributed by atoms with E-state index in [0.717, 1.165) is 22.2 Å². The van der Waals surface area contributed by atoms with Crippen molar-refractivity contribution in [1.29, 1.82) is 0 Å². The van der Waals surface area contributed by atoms with E-state index in [9.17, 15) is 4.79 Å². The van der Waals surface area contributed by atoms with Crippen LogP contribution in [0.4, 0.5) is 0 Å². The summed E-state index contributed by atoms with van der Waals surface area (Å²) in [6.07, 6.45) is 1.93. The number of nitrogens with zero attached hydrogens (tertiary/aromatic N) is 2. The third-order valence-corrected chi connectivity index (χ3v) is 5.67. The number of imidazole rings is 1. The number of ether oxygens (including phenoxy) is 2. The fourth-order valence-electron chi connectivity index (χ4n) is 3.20. The molecule has 0 radical (unpaired) electrons. The van der Waals surface area contributed by atoms with Crippen LogP contribution in [0.25, 0.3) is 22.1 Å². The summed E-state index contributed by atoms with van der Waals surface area (Å²) in [5, 5.41) is 0. The van der Waals surface area contributed by atoms with E-state index in [4.69, 9.17) is 9.47 Å². The molecular weight excluding hydrogens is 372 g/mol. The lowest BCUT2D eigenvalue weighted by Gasteiger charge is -2.13. The standard InChI is InChI=1S/C22H22N2O3S/c1-12(2)27-18-7-6-15(10-19(18)26-5)11-20-21(25)24-17-9-14(4)13(3)8-16(17)23-22(24)28-20/h6-12H,1-5H3/b20-11-. The average molecular weight is 394 g/mol. The Bertz CT molecular complexity index is 1300. The molecule has 144 valence electrons. The van der Waals surface area contributed by atoms with Gasteiger partial charge >= 0.3 is 0 Å². The van der Waals surface area contributed by atoms with Crippen molar-refractivity contribution in [3.63, 3.8) is 0 Å². The predicted octanol–water partition coefficient (Wildman–Crippen LogP) is 3.87. The van der Waals surface area contributed by atoms with Gasteiger partial charge in [0.2, 0.25) is 0 Å². The largest absolute Gasteiger partial charge is 0.493 e. The lowest BCUT2D eigenvalue weighted by Crippen LogP contribution is -2.22. The highest BCUT2D eigenvalue weighted by Gasteiger charge is 2.13. The number of thiazole rings is 1. The maximum absolute atomic E-state index is 13.0. The summed E-state index contributed by atoms with van der Waals surface area (Å²) < 4.78 is 13.5. The van der Waals surface area contributed by atoms with Gasteiger partial charge in [-0.25, -0.2) is 9.38 Å². The molecule has 2 aromatic carbocycles. The first-order chi connectivity index (χ1) is 13.4. The Balaban J connectivity index is 1.85. The molecule has 5 nitrogen and oxygen atoms in total. The Labute approximate surface area is 166 Å². The van der Waals surface area contributed by atoms with Crippen LogP contribution >= 0.6 is 11.3 Å². The number of fused-ring (bicyclic) bond motifs is 3. The van der Waals surface area contributed by atoms with E-state index in [1.807, 2.05) is 57.2 Å². The SMILES string of the molecule is COc1cc(/C=c2\sc3nc4cc(C)c(C)cc4n3c2=O)ccc1OC(C)C. The minimum atomic E-state index is -0.0489. The smallest absolute Gasteiger partial charge is 0.274 e. The summed E-state index contributed by atoms with van der Waals surface area (Å²) in [7, 11) is 1.61. The number of rotatable bonds is 4. The van der Waals surface area contributed by atoms with Crippen molar-refractivity contribution in [2.24, 2.45) is 0 Å². The van der Waals surface area contributed by atoms with Crippen LogP contribution in [0.1, 0.15) is 30.5 Å². The molecule has 0 saturated carbocycles. The van der Waals surface area contributed by atoms with Gasteiger partial charge in [0.25, 0.3) is 5.56 Å². The van der Waals surface area contributed by atoms with E-state index in [-0.39, 0.29) is 11.7 Å². The van der Waals surface area contributed by atoms with Crippen LogP contribution < -0.4 is 19.6 Å².